The highest BCUT2D eigenvalue weighted by Crippen LogP contribution is 2.29. The summed E-state index contributed by atoms with van der Waals surface area (Å²) < 4.78 is 12.9. The van der Waals surface area contributed by atoms with Gasteiger partial charge < -0.3 is 5.73 Å². The van der Waals surface area contributed by atoms with Crippen LogP contribution in [-0.4, -0.2) is 5.91 Å². The Morgan fingerprint density at radius 2 is 2.29 bits per heavy atom. The molecular weight excluding hydrogens is 181 g/mol. The average molecular weight is 191 g/mol. The number of carbonyl (C=O) groups excluding carboxylic acids is 1. The lowest BCUT2D eigenvalue weighted by molar-refractivity contribution is -0.117. The van der Waals surface area contributed by atoms with Crippen molar-refractivity contribution in [3.8, 4) is 0 Å². The van der Waals surface area contributed by atoms with Crippen LogP contribution in [0.15, 0.2) is 24.3 Å². The normalized spacial score (nSPS) is 13.6. The van der Waals surface area contributed by atoms with E-state index in [2.05, 4.69) is 0 Å². The molecule has 0 atom stereocenters. The van der Waals surface area contributed by atoms with Crippen LogP contribution in [0, 0.1) is 5.82 Å². The molecule has 1 amide bonds. The Bertz CT molecular complexity index is 423. The van der Waals surface area contributed by atoms with Crippen LogP contribution in [-0.2, 0) is 11.2 Å². The summed E-state index contributed by atoms with van der Waals surface area (Å²) in [6.45, 7) is 0. The lowest BCUT2D eigenvalue weighted by Gasteiger charge is -2.03. The first-order chi connectivity index (χ1) is 6.66. The molecule has 0 unspecified atom stereocenters. The molecule has 1 aliphatic rings. The molecule has 3 heteroatoms. The molecule has 0 spiro atoms. The third-order valence-electron chi connectivity index (χ3n) is 2.35. The molecule has 2 rings (SSSR count). The zero-order chi connectivity index (χ0) is 10.1. The molecular formula is C11H10FNO. The van der Waals surface area contributed by atoms with Gasteiger partial charge in [0.05, 0.1) is 6.42 Å². The van der Waals surface area contributed by atoms with Gasteiger partial charge in [-0.1, -0.05) is 12.1 Å². The minimum atomic E-state index is -0.381. The third kappa shape index (κ3) is 1.53. The molecule has 0 fully saturated rings. The molecule has 1 aliphatic carbocycles. The number of rotatable bonds is 2. The summed E-state index contributed by atoms with van der Waals surface area (Å²) in [5.41, 5.74) is 7.81. The van der Waals surface area contributed by atoms with Gasteiger partial charge in [-0.05, 0) is 35.3 Å². The molecule has 2 nitrogen and oxygen atoms in total. The molecule has 0 heterocycles. The van der Waals surface area contributed by atoms with Crippen LogP contribution in [0.5, 0.6) is 0 Å². The Hall–Kier alpha value is -1.64. The molecule has 0 aromatic heterocycles. The van der Waals surface area contributed by atoms with Gasteiger partial charge >= 0.3 is 0 Å². The minimum absolute atomic E-state index is 0.191. The second-order valence-electron chi connectivity index (χ2n) is 3.38. The van der Waals surface area contributed by atoms with Crippen LogP contribution in [0.4, 0.5) is 4.39 Å². The van der Waals surface area contributed by atoms with Gasteiger partial charge in [0.15, 0.2) is 0 Å². The molecule has 1 aromatic rings. The average Bonchev–Trinajstić information content (AvgIpc) is 2.47. The van der Waals surface area contributed by atoms with E-state index in [1.807, 2.05) is 6.08 Å². The van der Waals surface area contributed by atoms with Crippen LogP contribution < -0.4 is 5.73 Å². The van der Waals surface area contributed by atoms with Gasteiger partial charge in [0, 0.05) is 0 Å². The van der Waals surface area contributed by atoms with Crippen molar-refractivity contribution in [2.24, 2.45) is 5.73 Å². The van der Waals surface area contributed by atoms with Crippen molar-refractivity contribution < 1.29 is 9.18 Å². The maximum Gasteiger partial charge on any atom is 0.221 e. The van der Waals surface area contributed by atoms with Gasteiger partial charge in [0.25, 0.3) is 0 Å². The first-order valence-electron chi connectivity index (χ1n) is 4.43. The van der Waals surface area contributed by atoms with Crippen molar-refractivity contribution in [1.82, 2.24) is 0 Å². The van der Waals surface area contributed by atoms with Gasteiger partial charge in [0.2, 0.25) is 5.91 Å². The molecule has 0 aliphatic heterocycles. The highest BCUT2D eigenvalue weighted by atomic mass is 19.1. The number of amides is 1. The standard InChI is InChI=1S/C11H10FNO/c12-9-4-3-7-1-2-8(5-11(13)14)10(7)6-9/h2-4,6H,1,5H2,(H2,13,14). The van der Waals surface area contributed by atoms with Crippen molar-refractivity contribution in [3.63, 3.8) is 0 Å². The topological polar surface area (TPSA) is 43.1 Å². The zero-order valence-corrected chi connectivity index (χ0v) is 7.59. The van der Waals surface area contributed by atoms with Crippen molar-refractivity contribution >= 4 is 11.5 Å². The van der Waals surface area contributed by atoms with Crippen LogP contribution >= 0.6 is 0 Å². The number of halogens is 1. The number of benzene rings is 1. The van der Waals surface area contributed by atoms with Crippen LogP contribution in [0.1, 0.15) is 17.5 Å². The van der Waals surface area contributed by atoms with E-state index in [0.29, 0.717) is 0 Å². The Balaban J connectivity index is 2.35. The summed E-state index contributed by atoms with van der Waals surface area (Å²) in [7, 11) is 0. The number of hydrogen-bond acceptors (Lipinski definition) is 1. The number of carbonyl (C=O) groups is 1. The fourth-order valence-corrected chi connectivity index (χ4v) is 1.72. The molecule has 0 radical (unpaired) electrons. The van der Waals surface area contributed by atoms with E-state index < -0.39 is 0 Å². The zero-order valence-electron chi connectivity index (χ0n) is 7.59. The number of nitrogens with two attached hydrogens (primary N) is 1. The van der Waals surface area contributed by atoms with Crippen molar-refractivity contribution in [2.45, 2.75) is 12.8 Å². The summed E-state index contributed by atoms with van der Waals surface area (Å²) >= 11 is 0. The van der Waals surface area contributed by atoms with E-state index in [0.717, 1.165) is 23.1 Å². The number of primary amides is 1. The van der Waals surface area contributed by atoms with Crippen molar-refractivity contribution in [3.05, 3.63) is 41.2 Å². The highest BCUT2D eigenvalue weighted by molar-refractivity contribution is 5.89. The largest absolute Gasteiger partial charge is 0.369 e. The van der Waals surface area contributed by atoms with Gasteiger partial charge in [-0.3, -0.25) is 4.79 Å². The van der Waals surface area contributed by atoms with Crippen LogP contribution in [0.2, 0.25) is 0 Å². The minimum Gasteiger partial charge on any atom is -0.369 e. The Morgan fingerprint density at radius 1 is 1.50 bits per heavy atom. The van der Waals surface area contributed by atoms with Crippen molar-refractivity contribution in [1.29, 1.82) is 0 Å². The number of allylic oxidation sites excluding steroid dienone is 1. The van der Waals surface area contributed by atoms with Gasteiger partial charge in [-0.2, -0.15) is 0 Å². The van der Waals surface area contributed by atoms with Gasteiger partial charge in [-0.15, -0.1) is 0 Å². The van der Waals surface area contributed by atoms with Crippen LogP contribution in [0.25, 0.3) is 5.57 Å². The van der Waals surface area contributed by atoms with E-state index in [1.165, 1.54) is 12.1 Å². The summed E-state index contributed by atoms with van der Waals surface area (Å²) in [5, 5.41) is 0. The SMILES string of the molecule is NC(=O)CC1=CCc2ccc(F)cc21. The van der Waals surface area contributed by atoms with E-state index >= 15 is 0 Å². The molecule has 2 N–H and O–H groups in total. The first-order valence-corrected chi connectivity index (χ1v) is 4.43. The van der Waals surface area contributed by atoms with E-state index in [4.69, 9.17) is 5.73 Å². The lowest BCUT2D eigenvalue weighted by atomic mass is 10.0. The fourth-order valence-electron chi connectivity index (χ4n) is 1.72. The molecule has 1 aromatic carbocycles. The van der Waals surface area contributed by atoms with E-state index in [-0.39, 0.29) is 18.1 Å². The van der Waals surface area contributed by atoms with E-state index in [1.54, 1.807) is 6.07 Å². The fraction of sp³-hybridized carbons (Fsp3) is 0.182. The van der Waals surface area contributed by atoms with Gasteiger partial charge in [-0.25, -0.2) is 4.39 Å². The highest BCUT2D eigenvalue weighted by Gasteiger charge is 2.15. The molecule has 14 heavy (non-hydrogen) atoms. The Morgan fingerprint density at radius 3 is 3.00 bits per heavy atom. The quantitative estimate of drug-likeness (QED) is 0.758. The van der Waals surface area contributed by atoms with Crippen molar-refractivity contribution in [2.75, 3.05) is 0 Å². The van der Waals surface area contributed by atoms with Gasteiger partial charge in [0.1, 0.15) is 5.82 Å². The number of hydrogen-bond donors (Lipinski definition) is 1. The summed E-state index contributed by atoms with van der Waals surface area (Å²) in [6.07, 6.45) is 2.88. The summed E-state index contributed by atoms with van der Waals surface area (Å²) in [6, 6.07) is 4.63. The third-order valence-corrected chi connectivity index (χ3v) is 2.35. The molecule has 72 valence electrons. The second-order valence-corrected chi connectivity index (χ2v) is 3.38. The first kappa shape index (κ1) is 8.94. The predicted molar refractivity (Wildman–Crippen MR) is 51.9 cm³/mol. The smallest absolute Gasteiger partial charge is 0.221 e. The van der Waals surface area contributed by atoms with E-state index in [9.17, 15) is 9.18 Å². The Labute approximate surface area is 81.2 Å². The van der Waals surface area contributed by atoms with Crippen LogP contribution in [0.3, 0.4) is 0 Å². The predicted octanol–water partition coefficient (Wildman–Crippen LogP) is 1.64. The maximum absolute atomic E-state index is 12.9. The Kier molecular flexibility index (Phi) is 2.08. The molecule has 0 bridgehead atoms. The maximum atomic E-state index is 12.9. The number of fused-ring (bicyclic) bond motifs is 1. The second kappa shape index (κ2) is 3.25. The molecule has 0 saturated carbocycles. The molecule has 0 saturated heterocycles. The summed E-state index contributed by atoms with van der Waals surface area (Å²) in [5.74, 6) is -0.658. The monoisotopic (exact) mass is 191 g/mol. The lowest BCUT2D eigenvalue weighted by Crippen LogP contribution is -2.10. The summed E-state index contributed by atoms with van der Waals surface area (Å²) in [4.78, 5) is 10.7.